The Kier molecular flexibility index (Phi) is 5.55. The van der Waals surface area contributed by atoms with Gasteiger partial charge in [0.25, 0.3) is 0 Å². The molecule has 0 atom stereocenters. The zero-order valence-corrected chi connectivity index (χ0v) is 16.0. The van der Waals surface area contributed by atoms with Crippen LogP contribution in [0.3, 0.4) is 0 Å². The van der Waals surface area contributed by atoms with E-state index in [0.717, 1.165) is 5.56 Å². The number of rotatable bonds is 4. The molecule has 5 nitrogen and oxygen atoms in total. The summed E-state index contributed by atoms with van der Waals surface area (Å²) in [6, 6.07) is 11.8. The third-order valence-electron chi connectivity index (χ3n) is 3.89. The quantitative estimate of drug-likeness (QED) is 0.768. The SMILES string of the molecule is O=C(/C=C/c1ccc(N2CCCS2(=O)=O)cc1)Nc1ccc(Cl)c(Cl)c1. The largest absolute Gasteiger partial charge is 0.322 e. The maximum Gasteiger partial charge on any atom is 0.248 e. The second-order valence-corrected chi connectivity index (χ2v) is 8.61. The Hall–Kier alpha value is -2.02. The summed E-state index contributed by atoms with van der Waals surface area (Å²) >= 11 is 11.7. The minimum atomic E-state index is -3.19. The number of halogens is 2. The van der Waals surface area contributed by atoms with Crippen molar-refractivity contribution in [3.63, 3.8) is 0 Å². The second kappa shape index (κ2) is 7.70. The number of sulfonamides is 1. The van der Waals surface area contributed by atoms with Gasteiger partial charge in [-0.05, 0) is 48.4 Å². The van der Waals surface area contributed by atoms with E-state index in [9.17, 15) is 13.2 Å². The van der Waals surface area contributed by atoms with E-state index in [0.29, 0.717) is 34.4 Å². The highest BCUT2D eigenvalue weighted by molar-refractivity contribution is 7.93. The first-order chi connectivity index (χ1) is 12.3. The smallest absolute Gasteiger partial charge is 0.248 e. The molecule has 0 radical (unpaired) electrons. The Balaban J connectivity index is 1.64. The van der Waals surface area contributed by atoms with E-state index < -0.39 is 10.0 Å². The van der Waals surface area contributed by atoms with Gasteiger partial charge in [0.05, 0.1) is 21.5 Å². The normalized spacial score (nSPS) is 16.2. The van der Waals surface area contributed by atoms with Gasteiger partial charge in [0, 0.05) is 18.3 Å². The summed E-state index contributed by atoms with van der Waals surface area (Å²) in [4.78, 5) is 12.0. The van der Waals surface area contributed by atoms with Crippen molar-refractivity contribution in [2.24, 2.45) is 0 Å². The Bertz CT molecular complexity index is 957. The lowest BCUT2D eigenvalue weighted by molar-refractivity contribution is -0.111. The number of nitrogens with one attached hydrogen (secondary N) is 1. The lowest BCUT2D eigenvalue weighted by Gasteiger charge is -2.16. The van der Waals surface area contributed by atoms with E-state index in [-0.39, 0.29) is 11.7 Å². The van der Waals surface area contributed by atoms with Crippen molar-refractivity contribution in [1.29, 1.82) is 0 Å². The van der Waals surface area contributed by atoms with Crippen molar-refractivity contribution in [2.75, 3.05) is 21.9 Å². The fourth-order valence-corrected chi connectivity index (χ4v) is 4.47. The van der Waals surface area contributed by atoms with Gasteiger partial charge in [-0.2, -0.15) is 0 Å². The molecule has 0 saturated carbocycles. The standard InChI is InChI=1S/C18H16Cl2N2O3S/c19-16-8-5-14(12-17(16)20)21-18(23)9-4-13-2-6-15(7-3-13)22-10-1-11-26(22,24)25/h2-9,12H,1,10-11H2,(H,21,23)/b9-4+. The molecule has 8 heteroatoms. The highest BCUT2D eigenvalue weighted by atomic mass is 35.5. The van der Waals surface area contributed by atoms with E-state index >= 15 is 0 Å². The Labute approximate surface area is 162 Å². The van der Waals surface area contributed by atoms with E-state index in [1.807, 2.05) is 0 Å². The topological polar surface area (TPSA) is 66.5 Å². The fraction of sp³-hybridized carbons (Fsp3) is 0.167. The third kappa shape index (κ3) is 4.38. The van der Waals surface area contributed by atoms with Crippen LogP contribution < -0.4 is 9.62 Å². The summed E-state index contributed by atoms with van der Waals surface area (Å²) in [5.74, 6) is -0.127. The molecular weight excluding hydrogens is 395 g/mol. The molecule has 0 bridgehead atoms. The molecular formula is C18H16Cl2N2O3S. The summed E-state index contributed by atoms with van der Waals surface area (Å²) < 4.78 is 25.3. The van der Waals surface area contributed by atoms with Crippen LogP contribution in [0.15, 0.2) is 48.5 Å². The molecule has 1 N–H and O–H groups in total. The zero-order valence-electron chi connectivity index (χ0n) is 13.7. The number of hydrogen-bond donors (Lipinski definition) is 1. The molecule has 0 aliphatic carbocycles. The molecule has 0 aromatic heterocycles. The number of benzene rings is 2. The van der Waals surface area contributed by atoms with Crippen LogP contribution in [0.2, 0.25) is 10.0 Å². The lowest BCUT2D eigenvalue weighted by Crippen LogP contribution is -2.24. The number of carbonyl (C=O) groups excluding carboxylic acids is 1. The lowest BCUT2D eigenvalue weighted by atomic mass is 10.2. The minimum absolute atomic E-state index is 0.184. The van der Waals surface area contributed by atoms with Crippen LogP contribution in [0.1, 0.15) is 12.0 Å². The van der Waals surface area contributed by atoms with Crippen LogP contribution in [0, 0.1) is 0 Å². The Morgan fingerprint density at radius 1 is 1.08 bits per heavy atom. The highest BCUT2D eigenvalue weighted by Crippen LogP contribution is 2.26. The molecule has 0 unspecified atom stereocenters. The first-order valence-electron chi connectivity index (χ1n) is 7.90. The second-order valence-electron chi connectivity index (χ2n) is 5.78. The molecule has 26 heavy (non-hydrogen) atoms. The minimum Gasteiger partial charge on any atom is -0.322 e. The predicted molar refractivity (Wildman–Crippen MR) is 106 cm³/mol. The van der Waals surface area contributed by atoms with E-state index in [1.165, 1.54) is 10.4 Å². The molecule has 1 aliphatic rings. The first kappa shape index (κ1) is 18.8. The average Bonchev–Trinajstić information content (AvgIpc) is 2.96. The number of nitrogens with zero attached hydrogens (tertiary/aromatic N) is 1. The van der Waals surface area contributed by atoms with Gasteiger partial charge in [-0.1, -0.05) is 35.3 Å². The summed E-state index contributed by atoms with van der Waals surface area (Å²) in [6.45, 7) is 0.504. The number of hydrogen-bond acceptors (Lipinski definition) is 3. The van der Waals surface area contributed by atoms with Gasteiger partial charge in [-0.3, -0.25) is 9.10 Å². The maximum absolute atomic E-state index is 12.0. The van der Waals surface area contributed by atoms with Gasteiger partial charge >= 0.3 is 0 Å². The van der Waals surface area contributed by atoms with Gasteiger partial charge < -0.3 is 5.32 Å². The van der Waals surface area contributed by atoms with Crippen molar-refractivity contribution in [1.82, 2.24) is 0 Å². The van der Waals surface area contributed by atoms with Crippen molar-refractivity contribution < 1.29 is 13.2 Å². The van der Waals surface area contributed by atoms with Gasteiger partial charge in [0.1, 0.15) is 0 Å². The predicted octanol–water partition coefficient (Wildman–Crippen LogP) is 4.19. The summed E-state index contributed by atoms with van der Waals surface area (Å²) in [5, 5.41) is 3.47. The molecule has 2 aromatic carbocycles. The summed E-state index contributed by atoms with van der Waals surface area (Å²) in [7, 11) is -3.19. The van der Waals surface area contributed by atoms with Gasteiger partial charge in [-0.15, -0.1) is 0 Å². The van der Waals surface area contributed by atoms with Crippen molar-refractivity contribution in [3.8, 4) is 0 Å². The summed E-state index contributed by atoms with van der Waals surface area (Å²) in [6.07, 6.45) is 3.68. The molecule has 2 aromatic rings. The molecule has 1 aliphatic heterocycles. The van der Waals surface area contributed by atoms with Crippen molar-refractivity contribution in [3.05, 3.63) is 64.1 Å². The number of amides is 1. The van der Waals surface area contributed by atoms with E-state index in [1.54, 1.807) is 48.5 Å². The van der Waals surface area contributed by atoms with Gasteiger partial charge in [-0.25, -0.2) is 8.42 Å². The zero-order chi connectivity index (χ0) is 18.7. The van der Waals surface area contributed by atoms with E-state index in [4.69, 9.17) is 23.2 Å². The Morgan fingerprint density at radius 2 is 1.81 bits per heavy atom. The van der Waals surface area contributed by atoms with Crippen LogP contribution >= 0.6 is 23.2 Å². The fourth-order valence-electron chi connectivity index (χ4n) is 2.61. The molecule has 136 valence electrons. The van der Waals surface area contributed by atoms with Crippen molar-refractivity contribution in [2.45, 2.75) is 6.42 Å². The molecule has 1 fully saturated rings. The average molecular weight is 411 g/mol. The molecule has 3 rings (SSSR count). The van der Waals surface area contributed by atoms with Gasteiger partial charge in [0.15, 0.2) is 0 Å². The molecule has 1 saturated heterocycles. The van der Waals surface area contributed by atoms with Crippen molar-refractivity contribution >= 4 is 56.6 Å². The highest BCUT2D eigenvalue weighted by Gasteiger charge is 2.28. The number of carbonyl (C=O) groups is 1. The van der Waals surface area contributed by atoms with Crippen LogP contribution in [-0.2, 0) is 14.8 Å². The van der Waals surface area contributed by atoms with Gasteiger partial charge in [0.2, 0.25) is 15.9 Å². The van der Waals surface area contributed by atoms with Crippen LogP contribution in [-0.4, -0.2) is 26.6 Å². The maximum atomic E-state index is 12.0. The monoisotopic (exact) mass is 410 g/mol. The first-order valence-corrected chi connectivity index (χ1v) is 10.3. The Morgan fingerprint density at radius 3 is 2.42 bits per heavy atom. The van der Waals surface area contributed by atoms with E-state index in [2.05, 4.69) is 5.32 Å². The number of anilines is 2. The van der Waals surface area contributed by atoms with Crippen LogP contribution in [0.4, 0.5) is 11.4 Å². The molecule has 0 spiro atoms. The van der Waals surface area contributed by atoms with Crippen LogP contribution in [0.5, 0.6) is 0 Å². The van der Waals surface area contributed by atoms with Crippen LogP contribution in [0.25, 0.3) is 6.08 Å². The third-order valence-corrected chi connectivity index (χ3v) is 6.50. The summed E-state index contributed by atoms with van der Waals surface area (Å²) in [5.41, 5.74) is 1.97. The molecule has 1 amide bonds. The molecule has 1 heterocycles.